The maximum Gasteiger partial charge on any atom is 0.257 e. The SMILES string of the molecule is C[C@@H]1CN(C)C[C@H](c2nc(C3(c4cccnc4)CC3)no2)O1. The monoisotopic (exact) mass is 300 g/mol. The lowest BCUT2D eigenvalue weighted by molar-refractivity contribution is -0.0838. The standard InChI is InChI=1S/C16H20N4O2/c1-11-9-20(2)10-13(21-11)14-18-15(19-22-14)16(5-6-16)12-4-3-7-17-8-12/h3-4,7-8,11,13H,5-6,9-10H2,1-2H3/t11-,13-/m1/s1. The van der Waals surface area contributed by atoms with Crippen LogP contribution in [0.4, 0.5) is 0 Å². The maximum absolute atomic E-state index is 5.94. The van der Waals surface area contributed by atoms with Gasteiger partial charge in [0.1, 0.15) is 6.10 Å². The van der Waals surface area contributed by atoms with Crippen LogP contribution in [0.5, 0.6) is 0 Å². The zero-order valence-corrected chi connectivity index (χ0v) is 12.9. The number of likely N-dealkylation sites (N-methyl/N-ethyl adjacent to an activating group) is 1. The highest BCUT2D eigenvalue weighted by Gasteiger charge is 2.50. The summed E-state index contributed by atoms with van der Waals surface area (Å²) in [5, 5.41) is 4.24. The van der Waals surface area contributed by atoms with Crippen molar-refractivity contribution in [1.29, 1.82) is 0 Å². The third-order valence-electron chi connectivity index (χ3n) is 4.55. The van der Waals surface area contributed by atoms with Crippen LogP contribution in [0, 0.1) is 0 Å². The van der Waals surface area contributed by atoms with E-state index in [1.807, 2.05) is 12.3 Å². The van der Waals surface area contributed by atoms with Gasteiger partial charge in [-0.3, -0.25) is 4.98 Å². The number of aromatic nitrogens is 3. The van der Waals surface area contributed by atoms with Crippen LogP contribution in [0.15, 0.2) is 29.0 Å². The van der Waals surface area contributed by atoms with Crippen LogP contribution in [0.3, 0.4) is 0 Å². The van der Waals surface area contributed by atoms with Crippen molar-refractivity contribution in [2.24, 2.45) is 0 Å². The number of pyridine rings is 1. The molecule has 6 heteroatoms. The molecule has 0 aromatic carbocycles. The molecule has 1 aliphatic carbocycles. The van der Waals surface area contributed by atoms with Crippen molar-refractivity contribution in [3.63, 3.8) is 0 Å². The highest BCUT2D eigenvalue weighted by atomic mass is 16.5. The maximum atomic E-state index is 5.94. The lowest BCUT2D eigenvalue weighted by Crippen LogP contribution is -2.40. The summed E-state index contributed by atoms with van der Waals surface area (Å²) >= 11 is 0. The molecule has 116 valence electrons. The van der Waals surface area contributed by atoms with Gasteiger partial charge < -0.3 is 14.2 Å². The molecule has 0 spiro atoms. The Morgan fingerprint density at radius 1 is 1.32 bits per heavy atom. The molecule has 0 amide bonds. The third kappa shape index (κ3) is 2.32. The number of ether oxygens (including phenoxy) is 1. The first-order chi connectivity index (χ1) is 10.7. The van der Waals surface area contributed by atoms with Crippen molar-refractivity contribution in [3.8, 4) is 0 Å². The van der Waals surface area contributed by atoms with E-state index >= 15 is 0 Å². The summed E-state index contributed by atoms with van der Waals surface area (Å²) in [4.78, 5) is 11.1. The summed E-state index contributed by atoms with van der Waals surface area (Å²) in [5.41, 5.74) is 1.06. The van der Waals surface area contributed by atoms with E-state index < -0.39 is 0 Å². The molecule has 2 fully saturated rings. The van der Waals surface area contributed by atoms with Gasteiger partial charge in [-0.05, 0) is 38.4 Å². The largest absolute Gasteiger partial charge is 0.363 e. The average Bonchev–Trinajstić information content (AvgIpc) is 3.17. The number of morpholine rings is 1. The summed E-state index contributed by atoms with van der Waals surface area (Å²) in [6.07, 6.45) is 5.80. The summed E-state index contributed by atoms with van der Waals surface area (Å²) in [5.74, 6) is 1.35. The van der Waals surface area contributed by atoms with Gasteiger partial charge in [-0.1, -0.05) is 11.2 Å². The first kappa shape index (κ1) is 13.8. The molecule has 4 rings (SSSR count). The molecule has 1 saturated heterocycles. The van der Waals surface area contributed by atoms with E-state index in [1.54, 1.807) is 6.20 Å². The van der Waals surface area contributed by atoms with Crippen LogP contribution in [-0.2, 0) is 10.2 Å². The van der Waals surface area contributed by atoms with Crippen molar-refractivity contribution in [1.82, 2.24) is 20.0 Å². The lowest BCUT2D eigenvalue weighted by atomic mass is 9.97. The van der Waals surface area contributed by atoms with Crippen molar-refractivity contribution in [2.45, 2.75) is 37.4 Å². The van der Waals surface area contributed by atoms with Gasteiger partial charge in [-0.2, -0.15) is 4.98 Å². The van der Waals surface area contributed by atoms with E-state index in [0.717, 1.165) is 37.3 Å². The van der Waals surface area contributed by atoms with E-state index in [-0.39, 0.29) is 17.6 Å². The Hall–Kier alpha value is -1.79. The van der Waals surface area contributed by atoms with Gasteiger partial charge in [0.05, 0.1) is 11.5 Å². The summed E-state index contributed by atoms with van der Waals surface area (Å²) in [7, 11) is 2.08. The zero-order chi connectivity index (χ0) is 15.2. The fourth-order valence-corrected chi connectivity index (χ4v) is 3.27. The lowest BCUT2D eigenvalue weighted by Gasteiger charge is -2.32. The van der Waals surface area contributed by atoms with Crippen LogP contribution in [0.2, 0.25) is 0 Å². The zero-order valence-electron chi connectivity index (χ0n) is 12.9. The molecule has 22 heavy (non-hydrogen) atoms. The summed E-state index contributed by atoms with van der Waals surface area (Å²) in [6, 6.07) is 4.04. The van der Waals surface area contributed by atoms with Crippen LogP contribution in [0.1, 0.15) is 43.1 Å². The highest BCUT2D eigenvalue weighted by Crippen LogP contribution is 2.52. The second kappa shape index (κ2) is 5.14. The molecular formula is C16H20N4O2. The molecule has 1 saturated carbocycles. The Bertz CT molecular complexity index is 643. The van der Waals surface area contributed by atoms with Gasteiger partial charge in [-0.25, -0.2) is 0 Å². The summed E-state index contributed by atoms with van der Waals surface area (Å²) < 4.78 is 11.5. The summed E-state index contributed by atoms with van der Waals surface area (Å²) in [6.45, 7) is 3.78. The first-order valence-electron chi connectivity index (χ1n) is 7.76. The van der Waals surface area contributed by atoms with Gasteiger partial charge in [-0.15, -0.1) is 0 Å². The molecule has 3 heterocycles. The van der Waals surface area contributed by atoms with Crippen molar-refractivity contribution in [2.75, 3.05) is 20.1 Å². The van der Waals surface area contributed by atoms with Gasteiger partial charge in [0.2, 0.25) is 0 Å². The molecule has 2 atom stereocenters. The fraction of sp³-hybridized carbons (Fsp3) is 0.562. The average molecular weight is 300 g/mol. The molecule has 2 aromatic heterocycles. The van der Waals surface area contributed by atoms with Gasteiger partial charge in [0.25, 0.3) is 5.89 Å². The Morgan fingerprint density at radius 3 is 2.86 bits per heavy atom. The van der Waals surface area contributed by atoms with Crippen molar-refractivity contribution < 1.29 is 9.26 Å². The predicted octanol–water partition coefficient (Wildman–Crippen LogP) is 1.94. The van der Waals surface area contributed by atoms with Gasteiger partial charge >= 0.3 is 0 Å². The van der Waals surface area contributed by atoms with Gasteiger partial charge in [0.15, 0.2) is 5.82 Å². The molecule has 1 aliphatic heterocycles. The molecule has 0 radical (unpaired) electrons. The van der Waals surface area contributed by atoms with E-state index in [4.69, 9.17) is 9.26 Å². The Kier molecular flexibility index (Phi) is 3.23. The normalized spacial score (nSPS) is 27.7. The van der Waals surface area contributed by atoms with Crippen molar-refractivity contribution in [3.05, 3.63) is 41.8 Å². The Labute approximate surface area is 129 Å². The van der Waals surface area contributed by atoms with Gasteiger partial charge in [0, 0.05) is 25.5 Å². The Balaban J connectivity index is 1.60. The molecule has 0 bridgehead atoms. The number of hydrogen-bond donors (Lipinski definition) is 0. The first-order valence-corrected chi connectivity index (χ1v) is 7.76. The molecule has 2 aromatic rings. The van der Waals surface area contributed by atoms with Crippen LogP contribution < -0.4 is 0 Å². The fourth-order valence-electron chi connectivity index (χ4n) is 3.27. The number of nitrogens with zero attached hydrogens (tertiary/aromatic N) is 4. The quantitative estimate of drug-likeness (QED) is 0.863. The van der Waals surface area contributed by atoms with E-state index in [2.05, 4.69) is 40.1 Å². The van der Waals surface area contributed by atoms with Crippen molar-refractivity contribution >= 4 is 0 Å². The second-order valence-electron chi connectivity index (χ2n) is 6.44. The minimum Gasteiger partial charge on any atom is -0.363 e. The minimum atomic E-state index is -0.139. The predicted molar refractivity (Wildman–Crippen MR) is 79.3 cm³/mol. The molecule has 0 unspecified atom stereocenters. The minimum absolute atomic E-state index is 0.109. The van der Waals surface area contributed by atoms with E-state index in [0.29, 0.717) is 5.89 Å². The van der Waals surface area contributed by atoms with E-state index in [1.165, 1.54) is 0 Å². The molecule has 0 N–H and O–H groups in total. The number of hydrogen-bond acceptors (Lipinski definition) is 6. The highest BCUT2D eigenvalue weighted by molar-refractivity contribution is 5.37. The molecule has 2 aliphatic rings. The van der Waals surface area contributed by atoms with Crippen LogP contribution in [-0.4, -0.2) is 46.3 Å². The smallest absolute Gasteiger partial charge is 0.257 e. The topological polar surface area (TPSA) is 64.3 Å². The van der Waals surface area contributed by atoms with Crippen LogP contribution >= 0.6 is 0 Å². The molecular weight excluding hydrogens is 280 g/mol. The van der Waals surface area contributed by atoms with E-state index in [9.17, 15) is 0 Å². The Morgan fingerprint density at radius 2 is 2.18 bits per heavy atom. The second-order valence-corrected chi connectivity index (χ2v) is 6.44. The third-order valence-corrected chi connectivity index (χ3v) is 4.55. The van der Waals surface area contributed by atoms with Crippen LogP contribution in [0.25, 0.3) is 0 Å². The number of rotatable bonds is 3. The molecule has 6 nitrogen and oxygen atoms in total.